The Morgan fingerprint density at radius 2 is 2.24 bits per heavy atom. The van der Waals surface area contributed by atoms with Gasteiger partial charge in [-0.2, -0.15) is 16.7 Å². The fraction of sp³-hybridized carbons (Fsp3) is 0.412. The number of nitrogens with zero attached hydrogens (tertiary/aromatic N) is 3. The molecule has 8 heteroatoms. The van der Waals surface area contributed by atoms with E-state index in [1.165, 1.54) is 0 Å². The van der Waals surface area contributed by atoms with Gasteiger partial charge in [0, 0.05) is 35.8 Å². The molecule has 2 aromatic rings. The van der Waals surface area contributed by atoms with E-state index in [4.69, 9.17) is 15.7 Å². The van der Waals surface area contributed by atoms with Crippen molar-refractivity contribution >= 4 is 17.9 Å². The van der Waals surface area contributed by atoms with Gasteiger partial charge < -0.3 is 14.6 Å². The van der Waals surface area contributed by atoms with Crippen LogP contribution in [0.2, 0.25) is 0 Å². The third-order valence-electron chi connectivity index (χ3n) is 2.77. The maximum Gasteiger partial charge on any atom is 0.407 e. The zero-order valence-corrected chi connectivity index (χ0v) is 15.2. The molecule has 0 aliphatic rings. The van der Waals surface area contributed by atoms with Gasteiger partial charge in [0.2, 0.25) is 11.7 Å². The Morgan fingerprint density at radius 3 is 2.96 bits per heavy atom. The average molecular weight is 360 g/mol. The van der Waals surface area contributed by atoms with Crippen LogP contribution < -0.4 is 5.32 Å². The first kappa shape index (κ1) is 18.8. The normalized spacial score (nSPS) is 11.0. The Hall–Kier alpha value is -2.53. The van der Waals surface area contributed by atoms with Crippen molar-refractivity contribution in [1.82, 2.24) is 20.4 Å². The monoisotopic (exact) mass is 360 g/mol. The summed E-state index contributed by atoms with van der Waals surface area (Å²) in [5.41, 5.74) is 0.872. The summed E-state index contributed by atoms with van der Waals surface area (Å²) in [6.45, 7) is 5.96. The van der Waals surface area contributed by atoms with Crippen LogP contribution in [0.25, 0.3) is 11.4 Å². The lowest BCUT2D eigenvalue weighted by molar-refractivity contribution is 0.0531. The molecule has 2 heterocycles. The third kappa shape index (κ3) is 6.47. The number of pyridine rings is 1. The number of rotatable bonds is 6. The number of carbonyl (C=O) groups is 1. The Kier molecular flexibility index (Phi) is 6.42. The maximum atomic E-state index is 11.5. The molecule has 0 saturated carbocycles. The highest BCUT2D eigenvalue weighted by molar-refractivity contribution is 7.98. The molecular weight excluding hydrogens is 340 g/mol. The molecule has 2 rings (SSSR count). The highest BCUT2D eigenvalue weighted by Gasteiger charge is 2.15. The van der Waals surface area contributed by atoms with Crippen LogP contribution in [0.4, 0.5) is 4.79 Å². The molecule has 1 amide bonds. The van der Waals surface area contributed by atoms with Crippen LogP contribution in [0.5, 0.6) is 0 Å². The molecule has 0 aliphatic carbocycles. The highest BCUT2D eigenvalue weighted by Crippen LogP contribution is 2.18. The van der Waals surface area contributed by atoms with Gasteiger partial charge in [0.1, 0.15) is 5.60 Å². The molecule has 7 nitrogen and oxygen atoms in total. The second kappa shape index (κ2) is 8.53. The molecule has 0 fully saturated rings. The second-order valence-corrected chi connectivity index (χ2v) is 7.20. The largest absolute Gasteiger partial charge is 0.444 e. The van der Waals surface area contributed by atoms with Crippen LogP contribution in [0.1, 0.15) is 32.2 Å². The first-order valence-electron chi connectivity index (χ1n) is 7.66. The predicted molar refractivity (Wildman–Crippen MR) is 95.9 cm³/mol. The number of hydrogen-bond donors (Lipinski definition) is 1. The maximum absolute atomic E-state index is 11.5. The first-order chi connectivity index (χ1) is 11.9. The number of aromatic nitrogens is 3. The molecule has 0 saturated heterocycles. The van der Waals surface area contributed by atoms with E-state index in [0.717, 1.165) is 0 Å². The topological polar surface area (TPSA) is 90.1 Å². The van der Waals surface area contributed by atoms with Crippen LogP contribution >= 0.6 is 11.8 Å². The fourth-order valence-corrected chi connectivity index (χ4v) is 2.45. The molecule has 0 unspecified atom stereocenters. The number of ether oxygens (including phenoxy) is 1. The Labute approximate surface area is 150 Å². The van der Waals surface area contributed by atoms with E-state index < -0.39 is 11.7 Å². The lowest BCUT2D eigenvalue weighted by Crippen LogP contribution is -2.33. The van der Waals surface area contributed by atoms with E-state index in [-0.39, 0.29) is 0 Å². The number of alkyl carbamates (subject to hydrolysis) is 1. The quantitative estimate of drug-likeness (QED) is 0.626. The minimum absolute atomic E-state index is 0.422. The molecule has 1 N–H and O–H groups in total. The molecule has 132 valence electrons. The number of carbonyl (C=O) groups excluding carboxylic acids is 1. The minimum atomic E-state index is -0.497. The molecule has 0 spiro atoms. The molecule has 0 bridgehead atoms. The Balaban J connectivity index is 1.75. The van der Waals surface area contributed by atoms with E-state index in [1.807, 2.05) is 20.8 Å². The van der Waals surface area contributed by atoms with Crippen LogP contribution in [-0.4, -0.2) is 39.1 Å². The number of hydrogen-bond acceptors (Lipinski definition) is 7. The van der Waals surface area contributed by atoms with Crippen molar-refractivity contribution in [3.63, 3.8) is 0 Å². The number of amides is 1. The molecule has 0 atom stereocenters. The van der Waals surface area contributed by atoms with Crippen LogP contribution in [0.3, 0.4) is 0 Å². The Morgan fingerprint density at radius 1 is 1.44 bits per heavy atom. The summed E-state index contributed by atoms with van der Waals surface area (Å²) < 4.78 is 10.4. The van der Waals surface area contributed by atoms with Gasteiger partial charge in [-0.3, -0.25) is 4.98 Å². The molecule has 0 aliphatic heterocycles. The first-order valence-corrected chi connectivity index (χ1v) is 8.82. The zero-order valence-electron chi connectivity index (χ0n) is 14.4. The van der Waals surface area contributed by atoms with Crippen molar-refractivity contribution in [3.8, 4) is 23.7 Å². The van der Waals surface area contributed by atoms with Crippen molar-refractivity contribution in [1.29, 1.82) is 0 Å². The number of nitrogens with one attached hydrogen (secondary N) is 1. The van der Waals surface area contributed by atoms with Crippen LogP contribution in [0, 0.1) is 12.3 Å². The standard InChI is InChI=1S/C17H20N4O3S/c1-5-12-8-13(10-18-9-12)15-20-14(24-21-15)11-25-7-6-19-16(22)23-17(2,3)4/h1,8-10H,6-7,11H2,2-4H3,(H,19,22). The van der Waals surface area contributed by atoms with Gasteiger partial charge in [0.15, 0.2) is 0 Å². The van der Waals surface area contributed by atoms with Crippen LogP contribution in [-0.2, 0) is 10.5 Å². The van der Waals surface area contributed by atoms with Gasteiger partial charge in [0.25, 0.3) is 0 Å². The summed E-state index contributed by atoms with van der Waals surface area (Å²) in [7, 11) is 0. The minimum Gasteiger partial charge on any atom is -0.444 e. The van der Waals surface area contributed by atoms with Gasteiger partial charge in [-0.25, -0.2) is 4.79 Å². The smallest absolute Gasteiger partial charge is 0.407 e. The SMILES string of the molecule is C#Cc1cncc(-c2noc(CSCCNC(=O)OC(C)(C)C)n2)c1. The van der Waals surface area contributed by atoms with E-state index in [9.17, 15) is 4.79 Å². The summed E-state index contributed by atoms with van der Waals surface area (Å²) in [6.07, 6.45) is 8.16. The lowest BCUT2D eigenvalue weighted by atomic mass is 10.2. The Bertz CT molecular complexity index is 762. The molecular formula is C17H20N4O3S. The molecule has 0 aromatic carbocycles. The molecule has 0 radical (unpaired) electrons. The molecule has 2 aromatic heterocycles. The summed E-state index contributed by atoms with van der Waals surface area (Å²) in [5.74, 6) is 4.72. The van der Waals surface area contributed by atoms with Crippen molar-refractivity contribution < 1.29 is 14.1 Å². The van der Waals surface area contributed by atoms with Gasteiger partial charge in [-0.05, 0) is 26.8 Å². The van der Waals surface area contributed by atoms with E-state index in [0.29, 0.717) is 40.9 Å². The van der Waals surface area contributed by atoms with Gasteiger partial charge in [0.05, 0.1) is 5.75 Å². The predicted octanol–water partition coefficient (Wildman–Crippen LogP) is 2.87. The zero-order chi connectivity index (χ0) is 18.3. The average Bonchev–Trinajstić information content (AvgIpc) is 3.02. The number of thioether (sulfide) groups is 1. The highest BCUT2D eigenvalue weighted by atomic mass is 32.2. The van der Waals surface area contributed by atoms with Crippen LogP contribution in [0.15, 0.2) is 23.0 Å². The summed E-state index contributed by atoms with van der Waals surface area (Å²) >= 11 is 1.57. The number of terminal acetylenes is 1. The second-order valence-electron chi connectivity index (χ2n) is 6.10. The van der Waals surface area contributed by atoms with E-state index in [1.54, 1.807) is 30.2 Å². The van der Waals surface area contributed by atoms with Gasteiger partial charge >= 0.3 is 6.09 Å². The third-order valence-corrected chi connectivity index (χ3v) is 3.72. The van der Waals surface area contributed by atoms with E-state index >= 15 is 0 Å². The van der Waals surface area contributed by atoms with Crippen molar-refractivity contribution in [2.75, 3.05) is 12.3 Å². The molecule has 25 heavy (non-hydrogen) atoms. The van der Waals surface area contributed by atoms with Gasteiger partial charge in [-0.15, -0.1) is 6.42 Å². The lowest BCUT2D eigenvalue weighted by Gasteiger charge is -2.19. The van der Waals surface area contributed by atoms with E-state index in [2.05, 4.69) is 26.4 Å². The van der Waals surface area contributed by atoms with Crippen molar-refractivity contribution in [2.45, 2.75) is 32.1 Å². The fourth-order valence-electron chi connectivity index (χ4n) is 1.77. The van der Waals surface area contributed by atoms with Crippen molar-refractivity contribution in [3.05, 3.63) is 29.9 Å². The van der Waals surface area contributed by atoms with Crippen molar-refractivity contribution in [2.24, 2.45) is 0 Å². The summed E-state index contributed by atoms with van der Waals surface area (Å²) in [5, 5.41) is 6.62. The van der Waals surface area contributed by atoms with Gasteiger partial charge in [-0.1, -0.05) is 11.1 Å². The summed E-state index contributed by atoms with van der Waals surface area (Å²) in [4.78, 5) is 19.9. The summed E-state index contributed by atoms with van der Waals surface area (Å²) in [6, 6.07) is 1.78.